The molecule has 1 fully saturated rings. The average molecular weight is 220 g/mol. The van der Waals surface area contributed by atoms with Crippen LogP contribution < -0.4 is 0 Å². The zero-order valence-corrected chi connectivity index (χ0v) is 10.1. The van der Waals surface area contributed by atoms with E-state index in [0.717, 1.165) is 26.2 Å². The molecule has 0 N–H and O–H groups in total. The zero-order chi connectivity index (χ0) is 10.4. The first-order chi connectivity index (χ1) is 6.77. The Bertz CT molecular complexity index is 140. The Labute approximate surface area is 92.7 Å². The summed E-state index contributed by atoms with van der Waals surface area (Å²) in [5, 5.41) is 4.93. The molecule has 4 heteroatoms. The second-order valence-electron chi connectivity index (χ2n) is 3.82. The van der Waals surface area contributed by atoms with Crippen molar-refractivity contribution in [3.8, 4) is 0 Å². The smallest absolute Gasteiger partial charge is 0.0281 e. The molecule has 0 bridgehead atoms. The van der Waals surface area contributed by atoms with Gasteiger partial charge in [-0.1, -0.05) is 13.8 Å². The second kappa shape index (κ2) is 6.62. The standard InChI is InChI=1S/C10H22ClN3/c1-3-5-13(6-4-2)14-9-7-12(11)8-10-14/h3-10H2,1-2H3. The maximum absolute atomic E-state index is 5.93. The lowest BCUT2D eigenvalue weighted by molar-refractivity contribution is -0.0454. The minimum Gasteiger partial charge on any atom is -0.242 e. The molecule has 0 unspecified atom stereocenters. The van der Waals surface area contributed by atoms with Crippen LogP contribution in [0, 0.1) is 0 Å². The van der Waals surface area contributed by atoms with E-state index in [9.17, 15) is 0 Å². The lowest BCUT2D eigenvalue weighted by Crippen LogP contribution is -2.52. The van der Waals surface area contributed by atoms with Gasteiger partial charge in [0.05, 0.1) is 0 Å². The molecule has 0 spiro atoms. The normalized spacial score (nSPS) is 20.6. The van der Waals surface area contributed by atoms with Gasteiger partial charge in [-0.15, -0.1) is 0 Å². The summed E-state index contributed by atoms with van der Waals surface area (Å²) in [7, 11) is 0. The predicted octanol–water partition coefficient (Wildman–Crippen LogP) is 1.79. The van der Waals surface area contributed by atoms with Crippen LogP contribution in [0.5, 0.6) is 0 Å². The number of halogens is 1. The third-order valence-electron chi connectivity index (χ3n) is 2.56. The summed E-state index contributed by atoms with van der Waals surface area (Å²) in [6.07, 6.45) is 2.45. The van der Waals surface area contributed by atoms with Crippen molar-refractivity contribution in [3.63, 3.8) is 0 Å². The number of nitrogens with zero attached hydrogens (tertiary/aromatic N) is 3. The maximum atomic E-state index is 5.93. The Morgan fingerprint density at radius 2 is 1.50 bits per heavy atom. The second-order valence-corrected chi connectivity index (χ2v) is 4.30. The van der Waals surface area contributed by atoms with Gasteiger partial charge in [0.25, 0.3) is 0 Å². The summed E-state index contributed by atoms with van der Waals surface area (Å²) in [5.74, 6) is 0. The molecule has 1 heterocycles. The number of hydrogen-bond acceptors (Lipinski definition) is 3. The Hall–Kier alpha value is 0.170. The van der Waals surface area contributed by atoms with E-state index in [1.165, 1.54) is 25.9 Å². The van der Waals surface area contributed by atoms with Crippen LogP contribution in [0.3, 0.4) is 0 Å². The summed E-state index contributed by atoms with van der Waals surface area (Å²) >= 11 is 5.93. The SMILES string of the molecule is CCCN(CCC)N1CCN(Cl)CC1. The fourth-order valence-electron chi connectivity index (χ4n) is 1.87. The van der Waals surface area contributed by atoms with Crippen molar-refractivity contribution in [2.45, 2.75) is 26.7 Å². The van der Waals surface area contributed by atoms with Gasteiger partial charge in [0.1, 0.15) is 0 Å². The van der Waals surface area contributed by atoms with Gasteiger partial charge in [0.2, 0.25) is 0 Å². The minimum absolute atomic E-state index is 0.978. The molecule has 0 amide bonds. The minimum atomic E-state index is 0.978. The van der Waals surface area contributed by atoms with Gasteiger partial charge in [-0.05, 0) is 24.6 Å². The number of hydrogen-bond donors (Lipinski definition) is 0. The van der Waals surface area contributed by atoms with Crippen LogP contribution in [0.2, 0.25) is 0 Å². The number of hydrazine groups is 1. The van der Waals surface area contributed by atoms with Crippen molar-refractivity contribution < 1.29 is 0 Å². The first kappa shape index (κ1) is 12.2. The molecule has 0 atom stereocenters. The van der Waals surface area contributed by atoms with Crippen molar-refractivity contribution in [1.82, 2.24) is 14.4 Å². The molecule has 1 aliphatic heterocycles. The van der Waals surface area contributed by atoms with Crippen molar-refractivity contribution in [2.75, 3.05) is 39.3 Å². The summed E-state index contributed by atoms with van der Waals surface area (Å²) in [6.45, 7) is 10.9. The first-order valence-corrected chi connectivity index (χ1v) is 6.02. The highest BCUT2D eigenvalue weighted by Crippen LogP contribution is 2.08. The van der Waals surface area contributed by atoms with Gasteiger partial charge < -0.3 is 0 Å². The largest absolute Gasteiger partial charge is 0.242 e. The van der Waals surface area contributed by atoms with E-state index in [1.807, 2.05) is 4.42 Å². The van der Waals surface area contributed by atoms with Crippen molar-refractivity contribution in [1.29, 1.82) is 0 Å². The molecule has 84 valence electrons. The monoisotopic (exact) mass is 219 g/mol. The quantitative estimate of drug-likeness (QED) is 0.653. The van der Waals surface area contributed by atoms with Crippen LogP contribution in [0.1, 0.15) is 26.7 Å². The molecular formula is C10H22ClN3. The van der Waals surface area contributed by atoms with Gasteiger partial charge >= 0.3 is 0 Å². The fourth-order valence-corrected chi connectivity index (χ4v) is 2.02. The zero-order valence-electron chi connectivity index (χ0n) is 9.38. The third-order valence-corrected chi connectivity index (χ3v) is 2.90. The van der Waals surface area contributed by atoms with Crippen LogP contribution >= 0.6 is 11.8 Å². The van der Waals surface area contributed by atoms with E-state index in [4.69, 9.17) is 11.8 Å². The van der Waals surface area contributed by atoms with Gasteiger partial charge in [-0.3, -0.25) is 0 Å². The van der Waals surface area contributed by atoms with Gasteiger partial charge in [-0.2, -0.15) is 0 Å². The molecule has 1 rings (SSSR count). The first-order valence-electron chi connectivity index (χ1n) is 5.68. The van der Waals surface area contributed by atoms with Crippen molar-refractivity contribution >= 4 is 11.8 Å². The molecule has 0 aliphatic carbocycles. The molecule has 0 aromatic heterocycles. The van der Waals surface area contributed by atoms with Crippen LogP contribution in [-0.4, -0.2) is 53.7 Å². The molecule has 0 radical (unpaired) electrons. The molecular weight excluding hydrogens is 198 g/mol. The van der Waals surface area contributed by atoms with Crippen LogP contribution in [0.25, 0.3) is 0 Å². The molecule has 3 nitrogen and oxygen atoms in total. The third kappa shape index (κ3) is 3.73. The number of piperazine rings is 1. The van der Waals surface area contributed by atoms with Crippen LogP contribution in [-0.2, 0) is 0 Å². The van der Waals surface area contributed by atoms with Crippen molar-refractivity contribution in [3.05, 3.63) is 0 Å². The lowest BCUT2D eigenvalue weighted by Gasteiger charge is -2.39. The van der Waals surface area contributed by atoms with Crippen LogP contribution in [0.4, 0.5) is 0 Å². The highest BCUT2D eigenvalue weighted by Gasteiger charge is 2.19. The highest BCUT2D eigenvalue weighted by atomic mass is 35.5. The van der Waals surface area contributed by atoms with Gasteiger partial charge in [0.15, 0.2) is 0 Å². The molecule has 0 aromatic rings. The maximum Gasteiger partial charge on any atom is 0.0281 e. The summed E-state index contributed by atoms with van der Waals surface area (Å²) in [5.41, 5.74) is 0. The predicted molar refractivity (Wildman–Crippen MR) is 61.2 cm³/mol. The molecule has 1 saturated heterocycles. The van der Waals surface area contributed by atoms with E-state index < -0.39 is 0 Å². The molecule has 0 saturated carbocycles. The average Bonchev–Trinajstić information content (AvgIpc) is 2.19. The van der Waals surface area contributed by atoms with Gasteiger partial charge in [-0.25, -0.2) is 14.4 Å². The van der Waals surface area contributed by atoms with Crippen molar-refractivity contribution in [2.24, 2.45) is 0 Å². The summed E-state index contributed by atoms with van der Waals surface area (Å²) in [6, 6.07) is 0. The Kier molecular flexibility index (Phi) is 5.78. The Morgan fingerprint density at radius 1 is 1.00 bits per heavy atom. The Morgan fingerprint density at radius 3 is 1.93 bits per heavy atom. The Balaban J connectivity index is 2.34. The topological polar surface area (TPSA) is 9.72 Å². The fraction of sp³-hybridized carbons (Fsp3) is 1.00. The van der Waals surface area contributed by atoms with E-state index in [-0.39, 0.29) is 0 Å². The van der Waals surface area contributed by atoms with E-state index >= 15 is 0 Å². The van der Waals surface area contributed by atoms with E-state index in [1.54, 1.807) is 0 Å². The van der Waals surface area contributed by atoms with E-state index in [2.05, 4.69) is 23.9 Å². The van der Waals surface area contributed by atoms with E-state index in [0.29, 0.717) is 0 Å². The van der Waals surface area contributed by atoms with Gasteiger partial charge in [0, 0.05) is 39.3 Å². The molecule has 1 aliphatic rings. The summed E-state index contributed by atoms with van der Waals surface area (Å²) in [4.78, 5) is 0. The lowest BCUT2D eigenvalue weighted by atomic mass is 10.3. The van der Waals surface area contributed by atoms with Crippen LogP contribution in [0.15, 0.2) is 0 Å². The highest BCUT2D eigenvalue weighted by molar-refractivity contribution is 6.13. The number of rotatable bonds is 5. The summed E-state index contributed by atoms with van der Waals surface area (Å²) < 4.78 is 1.88. The molecule has 14 heavy (non-hydrogen) atoms. The molecule has 0 aromatic carbocycles.